The molecule has 0 aliphatic carbocycles. The Labute approximate surface area is 123 Å². The van der Waals surface area contributed by atoms with Gasteiger partial charge in [0.15, 0.2) is 6.61 Å². The molecule has 0 heterocycles. The normalized spacial score (nSPS) is 12.1. The molecule has 0 bridgehead atoms. The number of nitrogens with zero attached hydrogens (tertiary/aromatic N) is 1. The molecule has 0 saturated carbocycles. The highest BCUT2D eigenvalue weighted by Gasteiger charge is 2.32. The van der Waals surface area contributed by atoms with Crippen LogP contribution in [0.15, 0.2) is 24.3 Å². The highest BCUT2D eigenvalue weighted by molar-refractivity contribution is 5.84. The number of rotatable bonds is 5. The SMILES string of the molecule is CC(C)(C)[C@H](NC(=O)COc1ccccc1C#N)C(=O)O. The number of benzene rings is 1. The standard InChI is InChI=1S/C15H18N2O4/c1-15(2,3)13(14(19)20)17-12(18)9-21-11-7-5-4-6-10(11)8-16/h4-7,13H,9H2,1-3H3,(H,17,18)(H,19,20)/t13-/m1/s1. The summed E-state index contributed by atoms with van der Waals surface area (Å²) in [5.41, 5.74) is -0.303. The zero-order valence-electron chi connectivity index (χ0n) is 12.2. The highest BCUT2D eigenvalue weighted by atomic mass is 16.5. The fourth-order valence-corrected chi connectivity index (χ4v) is 1.68. The molecular formula is C15H18N2O4. The van der Waals surface area contributed by atoms with Crippen LogP contribution in [0.2, 0.25) is 0 Å². The molecule has 112 valence electrons. The first kappa shape index (κ1) is 16.5. The van der Waals surface area contributed by atoms with E-state index in [0.29, 0.717) is 5.56 Å². The summed E-state index contributed by atoms with van der Waals surface area (Å²) in [6, 6.07) is 7.45. The van der Waals surface area contributed by atoms with Crippen LogP contribution in [0.1, 0.15) is 26.3 Å². The molecule has 0 radical (unpaired) electrons. The number of carboxylic acids is 1. The molecule has 1 aromatic rings. The Morgan fingerprint density at radius 3 is 2.52 bits per heavy atom. The van der Waals surface area contributed by atoms with E-state index in [-0.39, 0.29) is 12.4 Å². The van der Waals surface area contributed by atoms with Crippen LogP contribution in [-0.4, -0.2) is 29.6 Å². The Balaban J connectivity index is 2.66. The molecule has 0 aliphatic heterocycles. The summed E-state index contributed by atoms with van der Waals surface area (Å²) in [6.07, 6.45) is 0. The van der Waals surface area contributed by atoms with Crippen LogP contribution in [-0.2, 0) is 9.59 Å². The maximum absolute atomic E-state index is 11.8. The van der Waals surface area contributed by atoms with Gasteiger partial charge in [0.1, 0.15) is 17.9 Å². The van der Waals surface area contributed by atoms with Gasteiger partial charge < -0.3 is 15.2 Å². The number of nitrogens with one attached hydrogen (secondary N) is 1. The Morgan fingerprint density at radius 2 is 2.00 bits per heavy atom. The van der Waals surface area contributed by atoms with Crippen molar-refractivity contribution in [2.24, 2.45) is 5.41 Å². The van der Waals surface area contributed by atoms with Gasteiger partial charge in [-0.05, 0) is 17.5 Å². The predicted molar refractivity (Wildman–Crippen MR) is 75.7 cm³/mol. The Hall–Kier alpha value is -2.55. The van der Waals surface area contributed by atoms with Crippen LogP contribution < -0.4 is 10.1 Å². The Morgan fingerprint density at radius 1 is 1.38 bits per heavy atom. The largest absolute Gasteiger partial charge is 0.482 e. The fourth-order valence-electron chi connectivity index (χ4n) is 1.68. The number of hydrogen-bond donors (Lipinski definition) is 2. The first-order valence-corrected chi connectivity index (χ1v) is 6.40. The van der Waals surface area contributed by atoms with Gasteiger partial charge in [-0.15, -0.1) is 0 Å². The molecule has 1 rings (SSSR count). The van der Waals surface area contributed by atoms with Crippen molar-refractivity contribution in [3.8, 4) is 11.8 Å². The summed E-state index contributed by atoms with van der Waals surface area (Å²) < 4.78 is 5.26. The summed E-state index contributed by atoms with van der Waals surface area (Å²) in [7, 11) is 0. The van der Waals surface area contributed by atoms with Crippen LogP contribution >= 0.6 is 0 Å². The van der Waals surface area contributed by atoms with E-state index in [1.54, 1.807) is 45.0 Å². The van der Waals surface area contributed by atoms with Gasteiger partial charge >= 0.3 is 5.97 Å². The molecule has 0 spiro atoms. The summed E-state index contributed by atoms with van der Waals surface area (Å²) in [5.74, 6) is -1.36. The third kappa shape index (κ3) is 4.80. The highest BCUT2D eigenvalue weighted by Crippen LogP contribution is 2.20. The molecule has 21 heavy (non-hydrogen) atoms. The number of aliphatic carboxylic acids is 1. The minimum absolute atomic E-state index is 0.290. The lowest BCUT2D eigenvalue weighted by atomic mass is 9.87. The molecule has 0 aromatic heterocycles. The third-order valence-electron chi connectivity index (χ3n) is 2.78. The van der Waals surface area contributed by atoms with Crippen LogP contribution in [0.4, 0.5) is 0 Å². The second-order valence-corrected chi connectivity index (χ2v) is 5.60. The van der Waals surface area contributed by atoms with Gasteiger partial charge in [0.05, 0.1) is 5.56 Å². The molecule has 2 N–H and O–H groups in total. The molecule has 0 aliphatic rings. The lowest BCUT2D eigenvalue weighted by Crippen LogP contribution is -2.50. The van der Waals surface area contributed by atoms with Crippen molar-refractivity contribution in [1.82, 2.24) is 5.32 Å². The van der Waals surface area contributed by atoms with Crippen LogP contribution in [0, 0.1) is 16.7 Å². The third-order valence-corrected chi connectivity index (χ3v) is 2.78. The zero-order valence-corrected chi connectivity index (χ0v) is 12.2. The van der Waals surface area contributed by atoms with E-state index in [1.807, 2.05) is 6.07 Å². The molecule has 6 nitrogen and oxygen atoms in total. The van der Waals surface area contributed by atoms with Crippen molar-refractivity contribution in [1.29, 1.82) is 5.26 Å². The fraction of sp³-hybridized carbons (Fsp3) is 0.400. The van der Waals surface area contributed by atoms with Crippen LogP contribution in [0.3, 0.4) is 0 Å². The number of nitriles is 1. The number of amides is 1. The minimum Gasteiger partial charge on any atom is -0.482 e. The van der Waals surface area contributed by atoms with E-state index in [4.69, 9.17) is 15.1 Å². The van der Waals surface area contributed by atoms with Gasteiger partial charge in [0.25, 0.3) is 5.91 Å². The summed E-state index contributed by atoms with van der Waals surface area (Å²) in [4.78, 5) is 23.0. The first-order valence-electron chi connectivity index (χ1n) is 6.40. The maximum Gasteiger partial charge on any atom is 0.326 e. The van der Waals surface area contributed by atoms with E-state index in [0.717, 1.165) is 0 Å². The average molecular weight is 290 g/mol. The molecular weight excluding hydrogens is 272 g/mol. The summed E-state index contributed by atoms with van der Waals surface area (Å²) >= 11 is 0. The predicted octanol–water partition coefficient (Wildman–Crippen LogP) is 1.55. The van der Waals surface area contributed by atoms with Crippen molar-refractivity contribution in [3.63, 3.8) is 0 Å². The van der Waals surface area contributed by atoms with Crippen molar-refractivity contribution in [2.45, 2.75) is 26.8 Å². The van der Waals surface area contributed by atoms with Gasteiger partial charge in [-0.25, -0.2) is 4.79 Å². The summed E-state index contributed by atoms with van der Waals surface area (Å²) in [6.45, 7) is 4.81. The minimum atomic E-state index is -1.10. The second kappa shape index (κ2) is 6.75. The monoisotopic (exact) mass is 290 g/mol. The topological polar surface area (TPSA) is 99.4 Å². The lowest BCUT2D eigenvalue weighted by Gasteiger charge is -2.27. The molecule has 0 fully saturated rings. The molecule has 0 saturated heterocycles. The quantitative estimate of drug-likeness (QED) is 0.857. The summed E-state index contributed by atoms with van der Waals surface area (Å²) in [5, 5.41) is 20.4. The molecule has 6 heteroatoms. The van der Waals surface area contributed by atoms with Crippen LogP contribution in [0.5, 0.6) is 5.75 Å². The van der Waals surface area contributed by atoms with Gasteiger partial charge in [0.2, 0.25) is 0 Å². The van der Waals surface area contributed by atoms with Crippen molar-refractivity contribution in [2.75, 3.05) is 6.61 Å². The molecule has 1 aromatic carbocycles. The maximum atomic E-state index is 11.8. The number of carbonyl (C=O) groups is 2. The first-order chi connectivity index (χ1) is 9.75. The van der Waals surface area contributed by atoms with Gasteiger partial charge in [0, 0.05) is 0 Å². The zero-order chi connectivity index (χ0) is 16.0. The van der Waals surface area contributed by atoms with Crippen molar-refractivity contribution in [3.05, 3.63) is 29.8 Å². The number of hydrogen-bond acceptors (Lipinski definition) is 4. The van der Waals surface area contributed by atoms with Crippen molar-refractivity contribution >= 4 is 11.9 Å². The molecule has 1 amide bonds. The number of carboxylic acid groups (broad SMARTS) is 1. The lowest BCUT2D eigenvalue weighted by molar-refractivity contribution is -0.145. The van der Waals surface area contributed by atoms with E-state index in [2.05, 4.69) is 5.32 Å². The van der Waals surface area contributed by atoms with Gasteiger partial charge in [-0.2, -0.15) is 5.26 Å². The molecule has 1 atom stereocenters. The number of para-hydroxylation sites is 1. The van der Waals surface area contributed by atoms with E-state index in [9.17, 15) is 9.59 Å². The number of ether oxygens (including phenoxy) is 1. The average Bonchev–Trinajstić information content (AvgIpc) is 2.41. The Bertz CT molecular complexity index is 570. The van der Waals surface area contributed by atoms with E-state index in [1.165, 1.54) is 0 Å². The van der Waals surface area contributed by atoms with Gasteiger partial charge in [-0.3, -0.25) is 4.79 Å². The van der Waals surface area contributed by atoms with Crippen LogP contribution in [0.25, 0.3) is 0 Å². The van der Waals surface area contributed by atoms with E-state index < -0.39 is 23.3 Å². The second-order valence-electron chi connectivity index (χ2n) is 5.60. The van der Waals surface area contributed by atoms with Crippen molar-refractivity contribution < 1.29 is 19.4 Å². The molecule has 0 unspecified atom stereocenters. The Kier molecular flexibility index (Phi) is 5.30. The number of carbonyl (C=O) groups excluding carboxylic acids is 1. The smallest absolute Gasteiger partial charge is 0.326 e. The van der Waals surface area contributed by atoms with Gasteiger partial charge in [-0.1, -0.05) is 32.9 Å². The van der Waals surface area contributed by atoms with E-state index >= 15 is 0 Å².